The Morgan fingerprint density at radius 1 is 0.826 bits per heavy atom. The van der Waals surface area contributed by atoms with E-state index in [1.54, 1.807) is 0 Å². The maximum atomic E-state index is 9.75. The topological polar surface area (TPSA) is 3.88 Å². The molecule has 0 saturated carbocycles. The Balaban J connectivity index is 0.000000338. The number of hydrogen-bond acceptors (Lipinski definition) is 0. The molecule has 0 aliphatic rings. The average Bonchev–Trinajstić information content (AvgIpc) is 2.47. The molecule has 0 aliphatic carbocycles. The minimum absolute atomic E-state index is 0.881. The van der Waals surface area contributed by atoms with Gasteiger partial charge in [-0.05, 0) is 11.5 Å². The molecule has 0 bridgehead atoms. The molecule has 7 heteroatoms. The second kappa shape index (κ2) is 7.59. The van der Waals surface area contributed by atoms with Crippen LogP contribution >= 0.6 is 15.9 Å². The first-order chi connectivity index (χ1) is 10.8. The van der Waals surface area contributed by atoms with Crippen LogP contribution in [0.25, 0.3) is 10.8 Å². The molecule has 2 aromatic carbocycles. The second-order valence-corrected chi connectivity index (χ2v) is 5.65. The highest BCUT2D eigenvalue weighted by molar-refractivity contribution is 9.10. The predicted octanol–water partition coefficient (Wildman–Crippen LogP) is 5.24. The summed E-state index contributed by atoms with van der Waals surface area (Å²) in [5, 5.41) is 2.52. The lowest BCUT2D eigenvalue weighted by Crippen LogP contribution is -2.35. The zero-order valence-electron chi connectivity index (χ0n) is 12.0. The van der Waals surface area contributed by atoms with Gasteiger partial charge in [0.05, 0.1) is 0 Å². The number of hydrogen-bond donors (Lipinski definition) is 0. The molecule has 0 saturated heterocycles. The standard InChI is InChI=1S/C16H13BrN.BF4/c17-16-10-14-8-4-5-9-15(14)12-18(16)11-13-6-2-1-3-7-13;2-1(3,4)5/h1-10,12H,11H2;/q+1;-1. The summed E-state index contributed by atoms with van der Waals surface area (Å²) < 4.78 is 42.3. The molecular weight excluding hydrogens is 373 g/mol. The maximum absolute atomic E-state index is 9.75. The number of pyridine rings is 1. The van der Waals surface area contributed by atoms with Crippen molar-refractivity contribution in [1.29, 1.82) is 0 Å². The van der Waals surface area contributed by atoms with Crippen LogP contribution in [-0.2, 0) is 6.54 Å². The van der Waals surface area contributed by atoms with Crippen LogP contribution in [0.15, 0.2) is 71.5 Å². The van der Waals surface area contributed by atoms with Gasteiger partial charge in [-0.15, -0.1) is 0 Å². The quantitative estimate of drug-likeness (QED) is 0.246. The zero-order valence-corrected chi connectivity index (χ0v) is 13.6. The molecule has 1 nitrogen and oxygen atoms in total. The number of halogens is 5. The van der Waals surface area contributed by atoms with Crippen LogP contribution in [0.1, 0.15) is 5.56 Å². The van der Waals surface area contributed by atoms with E-state index < -0.39 is 7.25 Å². The smallest absolute Gasteiger partial charge is 0.418 e. The first-order valence-electron chi connectivity index (χ1n) is 6.82. The van der Waals surface area contributed by atoms with E-state index in [-0.39, 0.29) is 0 Å². The number of fused-ring (bicyclic) bond motifs is 1. The Hall–Kier alpha value is -1.89. The Morgan fingerprint density at radius 3 is 1.96 bits per heavy atom. The first-order valence-corrected chi connectivity index (χ1v) is 7.61. The monoisotopic (exact) mass is 385 g/mol. The predicted molar refractivity (Wildman–Crippen MR) is 87.6 cm³/mol. The molecule has 0 unspecified atom stereocenters. The van der Waals surface area contributed by atoms with E-state index in [4.69, 9.17) is 0 Å². The Morgan fingerprint density at radius 2 is 1.35 bits per heavy atom. The summed E-state index contributed by atoms with van der Waals surface area (Å²) >= 11 is 3.64. The minimum Gasteiger partial charge on any atom is -0.418 e. The molecule has 0 atom stereocenters. The van der Waals surface area contributed by atoms with Crippen LogP contribution in [0.5, 0.6) is 0 Å². The fraction of sp³-hybridized carbons (Fsp3) is 0.0625. The maximum Gasteiger partial charge on any atom is 0.673 e. The summed E-state index contributed by atoms with van der Waals surface area (Å²) in [5.74, 6) is 0. The molecule has 23 heavy (non-hydrogen) atoms. The highest BCUT2D eigenvalue weighted by Gasteiger charge is 2.20. The third-order valence-electron chi connectivity index (χ3n) is 3.04. The molecule has 3 aromatic rings. The van der Waals surface area contributed by atoms with E-state index in [2.05, 4.69) is 81.3 Å². The number of rotatable bonds is 2. The lowest BCUT2D eigenvalue weighted by atomic mass is 10.1. The molecule has 0 amide bonds. The van der Waals surface area contributed by atoms with Crippen LogP contribution in [0.3, 0.4) is 0 Å². The fourth-order valence-corrected chi connectivity index (χ4v) is 2.58. The Bertz CT molecular complexity index is 772. The van der Waals surface area contributed by atoms with Crippen LogP contribution in [-0.4, -0.2) is 7.25 Å². The molecule has 0 aliphatic heterocycles. The van der Waals surface area contributed by atoms with Gasteiger partial charge in [0, 0.05) is 32.9 Å². The van der Waals surface area contributed by atoms with Gasteiger partial charge >= 0.3 is 7.25 Å². The van der Waals surface area contributed by atoms with Gasteiger partial charge < -0.3 is 17.3 Å². The molecule has 3 rings (SSSR count). The molecule has 1 aromatic heterocycles. The van der Waals surface area contributed by atoms with Crippen molar-refractivity contribution in [3.05, 3.63) is 77.0 Å². The van der Waals surface area contributed by atoms with Crippen LogP contribution in [0, 0.1) is 0 Å². The van der Waals surface area contributed by atoms with E-state index in [1.807, 2.05) is 6.07 Å². The van der Waals surface area contributed by atoms with E-state index in [9.17, 15) is 17.3 Å². The van der Waals surface area contributed by atoms with Gasteiger partial charge in [-0.1, -0.05) is 48.5 Å². The second-order valence-electron chi connectivity index (χ2n) is 4.83. The van der Waals surface area contributed by atoms with Gasteiger partial charge in [-0.2, -0.15) is 4.57 Å². The Kier molecular flexibility index (Phi) is 5.77. The lowest BCUT2D eigenvalue weighted by molar-refractivity contribution is -0.697. The highest BCUT2D eigenvalue weighted by Crippen LogP contribution is 2.16. The van der Waals surface area contributed by atoms with Gasteiger partial charge in [-0.3, -0.25) is 0 Å². The van der Waals surface area contributed by atoms with Crippen molar-refractivity contribution in [3.8, 4) is 0 Å². The largest absolute Gasteiger partial charge is 0.673 e. The van der Waals surface area contributed by atoms with Crippen LogP contribution in [0.4, 0.5) is 17.3 Å². The number of aromatic nitrogens is 1. The minimum atomic E-state index is -6.00. The lowest BCUT2D eigenvalue weighted by Gasteiger charge is -2.02. The van der Waals surface area contributed by atoms with Crippen molar-refractivity contribution in [2.24, 2.45) is 0 Å². The molecule has 120 valence electrons. The average molecular weight is 386 g/mol. The molecule has 0 radical (unpaired) electrons. The van der Waals surface area contributed by atoms with Gasteiger partial charge in [0.2, 0.25) is 4.60 Å². The Labute approximate surface area is 139 Å². The van der Waals surface area contributed by atoms with Gasteiger partial charge in [0.15, 0.2) is 12.7 Å². The molecular formula is C16H13BBrF4N. The van der Waals surface area contributed by atoms with Crippen molar-refractivity contribution < 1.29 is 21.8 Å². The van der Waals surface area contributed by atoms with E-state index in [1.165, 1.54) is 16.3 Å². The van der Waals surface area contributed by atoms with Gasteiger partial charge in [0.1, 0.15) is 0 Å². The third-order valence-corrected chi connectivity index (χ3v) is 3.72. The summed E-state index contributed by atoms with van der Waals surface area (Å²) in [6.45, 7) is 0.881. The van der Waals surface area contributed by atoms with Crippen molar-refractivity contribution in [3.63, 3.8) is 0 Å². The third kappa shape index (κ3) is 6.02. The van der Waals surface area contributed by atoms with Gasteiger partial charge in [-0.25, -0.2) is 0 Å². The van der Waals surface area contributed by atoms with E-state index in [0.717, 1.165) is 11.1 Å². The van der Waals surface area contributed by atoms with Crippen LogP contribution in [0.2, 0.25) is 0 Å². The number of nitrogens with zero attached hydrogens (tertiary/aromatic N) is 1. The summed E-state index contributed by atoms with van der Waals surface area (Å²) in [4.78, 5) is 0. The number of benzene rings is 2. The van der Waals surface area contributed by atoms with Gasteiger partial charge in [0.25, 0.3) is 0 Å². The van der Waals surface area contributed by atoms with E-state index in [0.29, 0.717) is 0 Å². The van der Waals surface area contributed by atoms with E-state index >= 15 is 0 Å². The zero-order chi connectivity index (χ0) is 16.9. The summed E-state index contributed by atoms with van der Waals surface area (Å²) in [6, 6.07) is 21.1. The SMILES string of the molecule is Brc1cc2ccccc2c[n+]1Cc1ccccc1.F[B-](F)(F)F. The van der Waals surface area contributed by atoms with Crippen molar-refractivity contribution in [2.45, 2.75) is 6.54 Å². The fourth-order valence-electron chi connectivity index (χ4n) is 2.10. The first kappa shape index (κ1) is 17.5. The molecule has 1 heterocycles. The summed E-state index contributed by atoms with van der Waals surface area (Å²) in [5.41, 5.74) is 1.30. The van der Waals surface area contributed by atoms with Crippen molar-refractivity contribution in [2.75, 3.05) is 0 Å². The molecule has 0 fully saturated rings. The summed E-state index contributed by atoms with van der Waals surface area (Å²) in [7, 11) is -6.00. The summed E-state index contributed by atoms with van der Waals surface area (Å²) in [6.07, 6.45) is 2.19. The van der Waals surface area contributed by atoms with Crippen molar-refractivity contribution >= 4 is 34.0 Å². The molecule has 0 N–H and O–H groups in total. The molecule has 0 spiro atoms. The highest BCUT2D eigenvalue weighted by atomic mass is 79.9. The van der Waals surface area contributed by atoms with Crippen LogP contribution < -0.4 is 4.57 Å². The normalized spacial score (nSPS) is 11.0. The van der Waals surface area contributed by atoms with Crippen molar-refractivity contribution in [1.82, 2.24) is 0 Å².